The fraction of sp³-hybridized carbons (Fsp3) is 0.412. The van der Waals surface area contributed by atoms with E-state index in [0.717, 1.165) is 29.9 Å². The van der Waals surface area contributed by atoms with Gasteiger partial charge < -0.3 is 14.5 Å². The smallest absolute Gasteiger partial charge is 0.261 e. The standard InChI is InChI=1S/C17H21N3O2/c1-4-13-14-6-5-7-19(14)8-9-20(13)17(22)15-11(2)10-12(3)18-16(15)21/h5-7,10,13H,4,8-9H2,1-3H3,(H,18,21). The molecule has 5 nitrogen and oxygen atoms in total. The zero-order valence-electron chi connectivity index (χ0n) is 13.2. The summed E-state index contributed by atoms with van der Waals surface area (Å²) in [5.41, 5.74) is 2.63. The Balaban J connectivity index is 2.01. The van der Waals surface area contributed by atoms with Crippen LogP contribution in [0.3, 0.4) is 0 Å². The summed E-state index contributed by atoms with van der Waals surface area (Å²) in [4.78, 5) is 29.8. The molecule has 0 saturated heterocycles. The van der Waals surface area contributed by atoms with E-state index in [0.29, 0.717) is 6.54 Å². The molecule has 2 aromatic rings. The van der Waals surface area contributed by atoms with Crippen LogP contribution in [0.5, 0.6) is 0 Å². The molecule has 0 aliphatic carbocycles. The summed E-state index contributed by atoms with van der Waals surface area (Å²) < 4.78 is 2.18. The molecule has 3 heterocycles. The monoisotopic (exact) mass is 299 g/mol. The topological polar surface area (TPSA) is 58.1 Å². The Morgan fingerprint density at radius 2 is 2.14 bits per heavy atom. The van der Waals surface area contributed by atoms with Gasteiger partial charge in [-0.25, -0.2) is 0 Å². The summed E-state index contributed by atoms with van der Waals surface area (Å²) in [6.07, 6.45) is 2.88. The van der Waals surface area contributed by atoms with Gasteiger partial charge in [-0.3, -0.25) is 9.59 Å². The Kier molecular flexibility index (Phi) is 3.64. The van der Waals surface area contributed by atoms with Crippen molar-refractivity contribution in [1.29, 1.82) is 0 Å². The lowest BCUT2D eigenvalue weighted by atomic mass is 10.0. The largest absolute Gasteiger partial charge is 0.348 e. The number of aromatic nitrogens is 2. The van der Waals surface area contributed by atoms with Crippen molar-refractivity contribution in [3.05, 3.63) is 57.3 Å². The van der Waals surface area contributed by atoms with Gasteiger partial charge in [0.1, 0.15) is 5.56 Å². The minimum atomic E-state index is -0.293. The SMILES string of the molecule is CCC1c2cccn2CCN1C(=O)c1c(C)cc(C)[nH]c1=O. The van der Waals surface area contributed by atoms with Gasteiger partial charge in [0.05, 0.1) is 6.04 Å². The molecule has 0 bridgehead atoms. The number of rotatable bonds is 2. The predicted molar refractivity (Wildman–Crippen MR) is 85.0 cm³/mol. The molecule has 22 heavy (non-hydrogen) atoms. The Labute approximate surface area is 129 Å². The third kappa shape index (κ3) is 2.26. The Morgan fingerprint density at radius 3 is 2.82 bits per heavy atom. The first-order valence-corrected chi connectivity index (χ1v) is 7.69. The molecule has 2 aromatic heterocycles. The van der Waals surface area contributed by atoms with Crippen LogP contribution in [0.15, 0.2) is 29.2 Å². The number of pyridine rings is 1. The van der Waals surface area contributed by atoms with Gasteiger partial charge in [0.15, 0.2) is 0 Å². The van der Waals surface area contributed by atoms with Crippen molar-refractivity contribution >= 4 is 5.91 Å². The number of fused-ring (bicyclic) bond motifs is 1. The van der Waals surface area contributed by atoms with E-state index in [-0.39, 0.29) is 23.1 Å². The molecule has 1 atom stereocenters. The van der Waals surface area contributed by atoms with Crippen LogP contribution in [0.1, 0.15) is 46.7 Å². The number of carbonyl (C=O) groups excluding carboxylic acids is 1. The number of H-pyrrole nitrogens is 1. The van der Waals surface area contributed by atoms with Crippen LogP contribution in [-0.2, 0) is 6.54 Å². The molecule has 1 amide bonds. The molecule has 116 valence electrons. The maximum absolute atomic E-state index is 13.0. The van der Waals surface area contributed by atoms with Crippen molar-refractivity contribution < 1.29 is 4.79 Å². The zero-order valence-corrected chi connectivity index (χ0v) is 13.2. The van der Waals surface area contributed by atoms with Crippen molar-refractivity contribution in [3.8, 4) is 0 Å². The van der Waals surface area contributed by atoms with E-state index < -0.39 is 0 Å². The Hall–Kier alpha value is -2.30. The number of carbonyl (C=O) groups is 1. The summed E-state index contributed by atoms with van der Waals surface area (Å²) in [6, 6.07) is 5.94. The molecule has 5 heteroatoms. The number of nitrogens with one attached hydrogen (secondary N) is 1. The number of nitrogens with zero attached hydrogens (tertiary/aromatic N) is 2. The van der Waals surface area contributed by atoms with Crippen molar-refractivity contribution in [3.63, 3.8) is 0 Å². The predicted octanol–water partition coefficient (Wildman–Crippen LogP) is 2.40. The number of aryl methyl sites for hydroxylation is 2. The van der Waals surface area contributed by atoms with Crippen LogP contribution in [0.4, 0.5) is 0 Å². The van der Waals surface area contributed by atoms with Gasteiger partial charge in [-0.1, -0.05) is 6.92 Å². The lowest BCUT2D eigenvalue weighted by molar-refractivity contribution is 0.0615. The average Bonchev–Trinajstić information content (AvgIpc) is 2.93. The van der Waals surface area contributed by atoms with Gasteiger partial charge in [0.2, 0.25) is 0 Å². The van der Waals surface area contributed by atoms with Crippen molar-refractivity contribution in [2.24, 2.45) is 0 Å². The van der Waals surface area contributed by atoms with Gasteiger partial charge in [-0.2, -0.15) is 0 Å². The van der Waals surface area contributed by atoms with Gasteiger partial charge in [-0.15, -0.1) is 0 Å². The highest BCUT2D eigenvalue weighted by atomic mass is 16.2. The first-order chi connectivity index (χ1) is 10.5. The van der Waals surface area contributed by atoms with E-state index in [1.807, 2.05) is 37.1 Å². The minimum Gasteiger partial charge on any atom is -0.348 e. The Morgan fingerprint density at radius 1 is 1.36 bits per heavy atom. The third-order valence-electron chi connectivity index (χ3n) is 4.39. The molecule has 1 N–H and O–H groups in total. The fourth-order valence-corrected chi connectivity index (χ4v) is 3.40. The van der Waals surface area contributed by atoms with E-state index >= 15 is 0 Å². The second-order valence-corrected chi connectivity index (χ2v) is 5.89. The van der Waals surface area contributed by atoms with E-state index in [2.05, 4.69) is 22.5 Å². The third-order valence-corrected chi connectivity index (χ3v) is 4.39. The molecule has 0 fully saturated rings. The van der Waals surface area contributed by atoms with Crippen LogP contribution in [0.2, 0.25) is 0 Å². The normalized spacial score (nSPS) is 17.4. The second-order valence-electron chi connectivity index (χ2n) is 5.89. The van der Waals surface area contributed by atoms with Crippen LogP contribution in [-0.4, -0.2) is 26.9 Å². The van der Waals surface area contributed by atoms with Gasteiger partial charge >= 0.3 is 0 Å². The number of aromatic amines is 1. The number of hydrogen-bond donors (Lipinski definition) is 1. The first-order valence-electron chi connectivity index (χ1n) is 7.69. The molecule has 0 aromatic carbocycles. The highest BCUT2D eigenvalue weighted by Gasteiger charge is 2.31. The minimum absolute atomic E-state index is 0.0244. The van der Waals surface area contributed by atoms with E-state index in [9.17, 15) is 9.59 Å². The summed E-state index contributed by atoms with van der Waals surface area (Å²) in [6.45, 7) is 7.12. The molecule has 0 saturated carbocycles. The van der Waals surface area contributed by atoms with Crippen molar-refractivity contribution in [2.45, 2.75) is 39.8 Å². The molecule has 1 unspecified atom stereocenters. The Bertz CT molecular complexity index is 772. The molecular formula is C17H21N3O2. The van der Waals surface area contributed by atoms with Gasteiger partial charge in [0.25, 0.3) is 11.5 Å². The summed E-state index contributed by atoms with van der Waals surface area (Å²) in [5.74, 6) is -0.168. The summed E-state index contributed by atoms with van der Waals surface area (Å²) >= 11 is 0. The molecule has 0 spiro atoms. The fourth-order valence-electron chi connectivity index (χ4n) is 3.40. The van der Waals surface area contributed by atoms with Crippen LogP contribution >= 0.6 is 0 Å². The lowest BCUT2D eigenvalue weighted by Gasteiger charge is -2.36. The summed E-state index contributed by atoms with van der Waals surface area (Å²) in [5, 5.41) is 0. The van der Waals surface area contributed by atoms with E-state index in [1.54, 1.807) is 0 Å². The van der Waals surface area contributed by atoms with Crippen LogP contribution in [0, 0.1) is 13.8 Å². The highest BCUT2D eigenvalue weighted by Crippen LogP contribution is 2.29. The zero-order chi connectivity index (χ0) is 15.9. The maximum Gasteiger partial charge on any atom is 0.261 e. The van der Waals surface area contributed by atoms with Crippen molar-refractivity contribution in [2.75, 3.05) is 6.54 Å². The lowest BCUT2D eigenvalue weighted by Crippen LogP contribution is -2.43. The highest BCUT2D eigenvalue weighted by molar-refractivity contribution is 5.95. The molecular weight excluding hydrogens is 278 g/mol. The molecule has 1 aliphatic heterocycles. The van der Waals surface area contributed by atoms with Gasteiger partial charge in [-0.05, 0) is 44.0 Å². The van der Waals surface area contributed by atoms with Crippen LogP contribution < -0.4 is 5.56 Å². The average molecular weight is 299 g/mol. The van der Waals surface area contributed by atoms with E-state index in [4.69, 9.17) is 0 Å². The van der Waals surface area contributed by atoms with Crippen molar-refractivity contribution in [1.82, 2.24) is 14.5 Å². The molecule has 3 rings (SSSR count). The second kappa shape index (κ2) is 5.48. The number of amides is 1. The molecule has 1 aliphatic rings. The van der Waals surface area contributed by atoms with E-state index in [1.165, 1.54) is 0 Å². The molecule has 0 radical (unpaired) electrons. The van der Waals surface area contributed by atoms with Gasteiger partial charge in [0, 0.05) is 30.7 Å². The number of hydrogen-bond acceptors (Lipinski definition) is 2. The maximum atomic E-state index is 13.0. The summed E-state index contributed by atoms with van der Waals surface area (Å²) in [7, 11) is 0. The van der Waals surface area contributed by atoms with Crippen LogP contribution in [0.25, 0.3) is 0 Å². The first kappa shape index (κ1) is 14.6. The quantitative estimate of drug-likeness (QED) is 0.925.